The number of rotatable bonds is 2. The largest absolute Gasteiger partial charge is 0.298 e. The molecule has 6 heteroatoms. The molecule has 0 aliphatic rings. The summed E-state index contributed by atoms with van der Waals surface area (Å²) in [6, 6.07) is 7.15. The van der Waals surface area contributed by atoms with Crippen LogP contribution in [0.4, 0.5) is 0 Å². The van der Waals surface area contributed by atoms with Crippen molar-refractivity contribution in [2.24, 2.45) is 0 Å². The molecule has 1 N–H and O–H groups in total. The molecule has 0 unspecified atom stereocenters. The maximum absolute atomic E-state index is 10.9. The van der Waals surface area contributed by atoms with Crippen molar-refractivity contribution in [3.63, 3.8) is 0 Å². The molecule has 0 spiro atoms. The first-order valence-corrected chi connectivity index (χ1v) is 5.79. The summed E-state index contributed by atoms with van der Waals surface area (Å²) in [4.78, 5) is 15.9. The molecule has 3 rings (SSSR count). The molecule has 0 aromatic carbocycles. The topological polar surface area (TPSA) is 63.6 Å². The average Bonchev–Trinajstić information content (AvgIpc) is 3.00. The molecule has 0 aliphatic heterocycles. The van der Waals surface area contributed by atoms with Crippen LogP contribution in [0.2, 0.25) is 0 Å². The summed E-state index contributed by atoms with van der Waals surface area (Å²) in [5, 5.41) is 7.48. The van der Waals surface area contributed by atoms with Gasteiger partial charge in [0.1, 0.15) is 10.7 Å². The molecular formula is C11H8N4OS. The molecule has 3 aromatic heterocycles. The second kappa shape index (κ2) is 3.99. The molecule has 17 heavy (non-hydrogen) atoms. The third kappa shape index (κ3) is 1.90. The summed E-state index contributed by atoms with van der Waals surface area (Å²) >= 11 is 1.59. The SMILES string of the molecule is O=c1ccc(-c2ccc(-n3ccnc3)s2)n[nH]1. The number of hydrogen-bond donors (Lipinski definition) is 1. The van der Waals surface area contributed by atoms with E-state index in [4.69, 9.17) is 0 Å². The fourth-order valence-electron chi connectivity index (χ4n) is 1.48. The van der Waals surface area contributed by atoms with E-state index in [-0.39, 0.29) is 5.56 Å². The van der Waals surface area contributed by atoms with E-state index in [1.807, 2.05) is 22.9 Å². The van der Waals surface area contributed by atoms with Gasteiger partial charge in [-0.15, -0.1) is 11.3 Å². The van der Waals surface area contributed by atoms with Gasteiger partial charge in [-0.1, -0.05) is 0 Å². The molecule has 0 bridgehead atoms. The molecule has 3 heterocycles. The molecule has 0 atom stereocenters. The van der Waals surface area contributed by atoms with Crippen LogP contribution in [0, 0.1) is 0 Å². The first-order chi connectivity index (χ1) is 8.33. The van der Waals surface area contributed by atoms with E-state index in [9.17, 15) is 4.79 Å². The Morgan fingerprint density at radius 1 is 1.24 bits per heavy atom. The number of nitrogens with one attached hydrogen (secondary N) is 1. The Bertz CT molecular complexity index is 663. The maximum atomic E-state index is 10.9. The fraction of sp³-hybridized carbons (Fsp3) is 0. The van der Waals surface area contributed by atoms with Gasteiger partial charge in [-0.3, -0.25) is 9.36 Å². The van der Waals surface area contributed by atoms with Crippen molar-refractivity contribution < 1.29 is 0 Å². The van der Waals surface area contributed by atoms with E-state index in [1.165, 1.54) is 6.07 Å². The van der Waals surface area contributed by atoms with Gasteiger partial charge in [0.15, 0.2) is 0 Å². The van der Waals surface area contributed by atoms with Gasteiger partial charge in [0, 0.05) is 18.5 Å². The van der Waals surface area contributed by atoms with E-state index >= 15 is 0 Å². The van der Waals surface area contributed by atoms with Crippen LogP contribution >= 0.6 is 11.3 Å². The zero-order valence-electron chi connectivity index (χ0n) is 8.70. The Morgan fingerprint density at radius 2 is 2.18 bits per heavy atom. The highest BCUT2D eigenvalue weighted by molar-refractivity contribution is 7.17. The number of thiophene rings is 1. The zero-order valence-corrected chi connectivity index (χ0v) is 9.52. The Morgan fingerprint density at radius 3 is 2.88 bits per heavy atom. The number of aromatic nitrogens is 4. The van der Waals surface area contributed by atoms with Crippen molar-refractivity contribution >= 4 is 11.3 Å². The lowest BCUT2D eigenvalue weighted by Gasteiger charge is -1.95. The van der Waals surface area contributed by atoms with Crippen LogP contribution in [0.15, 0.2) is 47.8 Å². The highest BCUT2D eigenvalue weighted by atomic mass is 32.1. The second-order valence-corrected chi connectivity index (χ2v) is 4.48. The van der Waals surface area contributed by atoms with E-state index in [2.05, 4.69) is 15.2 Å². The minimum atomic E-state index is -0.194. The Hall–Kier alpha value is -2.21. The van der Waals surface area contributed by atoms with Gasteiger partial charge >= 0.3 is 0 Å². The van der Waals surface area contributed by atoms with Crippen molar-refractivity contribution in [2.45, 2.75) is 0 Å². The van der Waals surface area contributed by atoms with Crippen LogP contribution in [-0.2, 0) is 0 Å². The molecule has 3 aromatic rings. The van der Waals surface area contributed by atoms with E-state index in [1.54, 1.807) is 29.9 Å². The number of aromatic amines is 1. The molecule has 0 radical (unpaired) electrons. The number of H-pyrrole nitrogens is 1. The number of hydrogen-bond acceptors (Lipinski definition) is 4. The Labute approximate surface area is 100 Å². The first kappa shape index (κ1) is 9.98. The van der Waals surface area contributed by atoms with E-state index < -0.39 is 0 Å². The smallest absolute Gasteiger partial charge is 0.264 e. The molecule has 0 fully saturated rings. The first-order valence-electron chi connectivity index (χ1n) is 4.97. The fourth-order valence-corrected chi connectivity index (χ4v) is 2.40. The normalized spacial score (nSPS) is 10.6. The highest BCUT2D eigenvalue weighted by Gasteiger charge is 2.05. The molecule has 0 saturated heterocycles. The minimum Gasteiger partial charge on any atom is -0.298 e. The highest BCUT2D eigenvalue weighted by Crippen LogP contribution is 2.27. The number of nitrogens with zero attached hydrogens (tertiary/aromatic N) is 3. The van der Waals surface area contributed by atoms with Crippen LogP contribution in [0.1, 0.15) is 0 Å². The van der Waals surface area contributed by atoms with E-state index in [0.29, 0.717) is 0 Å². The Balaban J connectivity index is 2.00. The summed E-state index contributed by atoms with van der Waals surface area (Å²) in [7, 11) is 0. The predicted octanol–water partition coefficient (Wildman–Crippen LogP) is 1.68. The van der Waals surface area contributed by atoms with Crippen molar-refractivity contribution in [2.75, 3.05) is 0 Å². The lowest BCUT2D eigenvalue weighted by Crippen LogP contribution is -2.05. The van der Waals surface area contributed by atoms with Gasteiger partial charge in [0.25, 0.3) is 5.56 Å². The van der Waals surface area contributed by atoms with Crippen LogP contribution in [0.25, 0.3) is 15.6 Å². The monoisotopic (exact) mass is 244 g/mol. The van der Waals surface area contributed by atoms with Gasteiger partial charge in [-0.25, -0.2) is 10.1 Å². The predicted molar refractivity (Wildman–Crippen MR) is 65.3 cm³/mol. The summed E-state index contributed by atoms with van der Waals surface area (Å²) in [6.45, 7) is 0. The van der Waals surface area contributed by atoms with E-state index in [0.717, 1.165) is 15.6 Å². The number of imidazole rings is 1. The van der Waals surface area contributed by atoms with Crippen molar-refractivity contribution in [3.8, 4) is 15.6 Å². The summed E-state index contributed by atoms with van der Waals surface area (Å²) in [5.41, 5.74) is 0.570. The van der Waals surface area contributed by atoms with Gasteiger partial charge in [-0.2, -0.15) is 5.10 Å². The van der Waals surface area contributed by atoms with Crippen LogP contribution in [0.5, 0.6) is 0 Å². The van der Waals surface area contributed by atoms with Gasteiger partial charge in [0.05, 0.1) is 11.2 Å². The maximum Gasteiger partial charge on any atom is 0.264 e. The molecule has 5 nitrogen and oxygen atoms in total. The van der Waals surface area contributed by atoms with Crippen molar-refractivity contribution in [1.82, 2.24) is 19.7 Å². The van der Waals surface area contributed by atoms with Crippen molar-refractivity contribution in [1.29, 1.82) is 0 Å². The van der Waals surface area contributed by atoms with Crippen LogP contribution < -0.4 is 5.56 Å². The quantitative estimate of drug-likeness (QED) is 0.746. The molecule has 0 saturated carbocycles. The summed E-state index contributed by atoms with van der Waals surface area (Å²) in [5.74, 6) is 0. The average molecular weight is 244 g/mol. The molecule has 0 amide bonds. The van der Waals surface area contributed by atoms with Crippen molar-refractivity contribution in [3.05, 3.63) is 53.3 Å². The minimum absolute atomic E-state index is 0.194. The molecular weight excluding hydrogens is 236 g/mol. The Kier molecular flexibility index (Phi) is 2.34. The molecule has 84 valence electrons. The zero-order chi connectivity index (χ0) is 11.7. The summed E-state index contributed by atoms with van der Waals surface area (Å²) in [6.07, 6.45) is 5.36. The van der Waals surface area contributed by atoms with Gasteiger partial charge in [-0.05, 0) is 18.2 Å². The lowest BCUT2D eigenvalue weighted by atomic mass is 10.3. The van der Waals surface area contributed by atoms with Gasteiger partial charge in [0.2, 0.25) is 0 Å². The summed E-state index contributed by atoms with van der Waals surface area (Å²) < 4.78 is 1.93. The van der Waals surface area contributed by atoms with Crippen LogP contribution in [-0.4, -0.2) is 19.7 Å². The van der Waals surface area contributed by atoms with Crippen LogP contribution in [0.3, 0.4) is 0 Å². The standard InChI is InChI=1S/C11H8N4OS/c16-10-3-1-8(13-14-10)9-2-4-11(17-9)15-6-5-12-7-15/h1-7H,(H,14,16). The molecule has 0 aliphatic carbocycles. The lowest BCUT2D eigenvalue weighted by molar-refractivity contribution is 0.998. The van der Waals surface area contributed by atoms with Gasteiger partial charge < -0.3 is 0 Å². The second-order valence-electron chi connectivity index (χ2n) is 3.41. The third-order valence-electron chi connectivity index (χ3n) is 2.28. The third-order valence-corrected chi connectivity index (χ3v) is 3.40.